The van der Waals surface area contributed by atoms with Crippen LogP contribution in [0.1, 0.15) is 24.4 Å². The van der Waals surface area contributed by atoms with Crippen LogP contribution in [-0.2, 0) is 4.79 Å². The molecule has 2 aliphatic heterocycles. The highest BCUT2D eigenvalue weighted by atomic mass is 16.6. The predicted octanol–water partition coefficient (Wildman–Crippen LogP) is 2.31. The zero-order valence-electron chi connectivity index (χ0n) is 10.8. The fourth-order valence-corrected chi connectivity index (χ4v) is 2.83. The smallest absolute Gasteiger partial charge is 0.246 e. The summed E-state index contributed by atoms with van der Waals surface area (Å²) in [7, 11) is 0. The minimum Gasteiger partial charge on any atom is -0.486 e. The molecule has 1 fully saturated rings. The molecule has 1 amide bonds. The molecule has 0 aliphatic carbocycles. The minimum absolute atomic E-state index is 0.0168. The van der Waals surface area contributed by atoms with Gasteiger partial charge in [-0.25, -0.2) is 0 Å². The second kappa shape index (κ2) is 4.96. The van der Waals surface area contributed by atoms with Crippen molar-refractivity contribution in [2.75, 3.05) is 19.8 Å². The summed E-state index contributed by atoms with van der Waals surface area (Å²) in [5, 5.41) is 0. The number of amides is 1. The van der Waals surface area contributed by atoms with Crippen molar-refractivity contribution in [3.8, 4) is 11.5 Å². The van der Waals surface area contributed by atoms with Crippen molar-refractivity contribution < 1.29 is 14.3 Å². The highest BCUT2D eigenvalue weighted by Gasteiger charge is 2.32. The van der Waals surface area contributed by atoms with Crippen molar-refractivity contribution in [3.63, 3.8) is 0 Å². The topological polar surface area (TPSA) is 38.8 Å². The van der Waals surface area contributed by atoms with Crippen LogP contribution in [0.15, 0.2) is 30.9 Å². The maximum atomic E-state index is 11.9. The van der Waals surface area contributed by atoms with Gasteiger partial charge in [-0.05, 0) is 25.0 Å². The molecule has 100 valence electrons. The zero-order chi connectivity index (χ0) is 13.2. The summed E-state index contributed by atoms with van der Waals surface area (Å²) in [6, 6.07) is 5.96. The number of para-hydroxylation sites is 1. The number of likely N-dealkylation sites (tertiary alicyclic amines) is 1. The Labute approximate surface area is 112 Å². The molecular formula is C15H17NO3. The Kier molecular flexibility index (Phi) is 3.15. The molecule has 0 N–H and O–H groups in total. The Morgan fingerprint density at radius 2 is 2.21 bits per heavy atom. The summed E-state index contributed by atoms with van der Waals surface area (Å²) in [5.74, 6) is 1.56. The lowest BCUT2D eigenvalue weighted by Gasteiger charge is -2.28. The molecule has 0 bridgehead atoms. The number of carbonyl (C=O) groups excluding carboxylic acids is 1. The van der Waals surface area contributed by atoms with Crippen LogP contribution in [0.3, 0.4) is 0 Å². The molecule has 0 radical (unpaired) electrons. The van der Waals surface area contributed by atoms with Crippen LogP contribution in [-0.4, -0.2) is 30.6 Å². The molecule has 1 aromatic rings. The van der Waals surface area contributed by atoms with E-state index in [1.807, 2.05) is 23.1 Å². The molecule has 19 heavy (non-hydrogen) atoms. The molecule has 0 spiro atoms. The molecule has 4 heteroatoms. The third-order valence-electron chi connectivity index (χ3n) is 3.67. The van der Waals surface area contributed by atoms with Crippen LogP contribution in [0, 0.1) is 0 Å². The van der Waals surface area contributed by atoms with E-state index in [0.717, 1.165) is 36.4 Å². The van der Waals surface area contributed by atoms with E-state index in [2.05, 4.69) is 6.58 Å². The van der Waals surface area contributed by atoms with E-state index in [1.54, 1.807) is 0 Å². The van der Waals surface area contributed by atoms with Gasteiger partial charge in [-0.15, -0.1) is 0 Å². The van der Waals surface area contributed by atoms with E-state index in [4.69, 9.17) is 9.47 Å². The molecule has 1 saturated heterocycles. The molecule has 2 heterocycles. The third-order valence-corrected chi connectivity index (χ3v) is 3.67. The van der Waals surface area contributed by atoms with E-state index >= 15 is 0 Å². The van der Waals surface area contributed by atoms with Crippen molar-refractivity contribution in [3.05, 3.63) is 36.4 Å². The molecule has 0 saturated carbocycles. The summed E-state index contributed by atoms with van der Waals surface area (Å²) in [6.07, 6.45) is 3.35. The number of ether oxygens (including phenoxy) is 2. The quantitative estimate of drug-likeness (QED) is 0.765. The van der Waals surface area contributed by atoms with Gasteiger partial charge in [0.05, 0.1) is 6.04 Å². The molecule has 4 nitrogen and oxygen atoms in total. The van der Waals surface area contributed by atoms with Gasteiger partial charge in [-0.3, -0.25) is 4.79 Å². The maximum Gasteiger partial charge on any atom is 0.246 e. The fraction of sp³-hybridized carbons (Fsp3) is 0.400. The second-order valence-electron chi connectivity index (χ2n) is 4.77. The van der Waals surface area contributed by atoms with Crippen molar-refractivity contribution in [2.45, 2.75) is 18.9 Å². The van der Waals surface area contributed by atoms with Crippen molar-refractivity contribution in [2.24, 2.45) is 0 Å². The van der Waals surface area contributed by atoms with Crippen molar-refractivity contribution in [1.82, 2.24) is 4.90 Å². The van der Waals surface area contributed by atoms with Gasteiger partial charge in [0.25, 0.3) is 0 Å². The highest BCUT2D eigenvalue weighted by Crippen LogP contribution is 2.42. The Balaban J connectivity index is 1.97. The number of hydrogen-bond donors (Lipinski definition) is 0. The summed E-state index contributed by atoms with van der Waals surface area (Å²) < 4.78 is 11.3. The van der Waals surface area contributed by atoms with Crippen LogP contribution in [0.5, 0.6) is 11.5 Å². The molecule has 3 rings (SSSR count). The Morgan fingerprint density at radius 1 is 1.37 bits per heavy atom. The van der Waals surface area contributed by atoms with Crippen LogP contribution >= 0.6 is 0 Å². The summed E-state index contributed by atoms with van der Waals surface area (Å²) in [6.45, 7) is 5.49. The molecule has 1 atom stereocenters. The fourth-order valence-electron chi connectivity index (χ4n) is 2.83. The number of rotatable bonds is 2. The molecule has 1 aromatic carbocycles. The van der Waals surface area contributed by atoms with Gasteiger partial charge in [-0.2, -0.15) is 0 Å². The van der Waals surface area contributed by atoms with E-state index in [-0.39, 0.29) is 11.9 Å². The number of fused-ring (bicyclic) bond motifs is 1. The number of nitrogens with zero attached hydrogens (tertiary/aromatic N) is 1. The van der Waals surface area contributed by atoms with E-state index in [9.17, 15) is 4.79 Å². The lowest BCUT2D eigenvalue weighted by Crippen LogP contribution is -2.29. The van der Waals surface area contributed by atoms with Gasteiger partial charge in [-0.1, -0.05) is 18.7 Å². The van der Waals surface area contributed by atoms with Gasteiger partial charge < -0.3 is 14.4 Å². The minimum atomic E-state index is -0.0168. The lowest BCUT2D eigenvalue weighted by atomic mass is 10.0. The van der Waals surface area contributed by atoms with Crippen LogP contribution in [0.25, 0.3) is 0 Å². The first kappa shape index (κ1) is 12.1. The average molecular weight is 259 g/mol. The van der Waals surface area contributed by atoms with Gasteiger partial charge in [0.2, 0.25) is 5.91 Å². The van der Waals surface area contributed by atoms with Crippen molar-refractivity contribution >= 4 is 5.91 Å². The van der Waals surface area contributed by atoms with Gasteiger partial charge in [0.1, 0.15) is 13.2 Å². The molecule has 0 unspecified atom stereocenters. The first-order valence-electron chi connectivity index (χ1n) is 6.63. The molecular weight excluding hydrogens is 242 g/mol. The van der Waals surface area contributed by atoms with Crippen LogP contribution in [0.2, 0.25) is 0 Å². The molecule has 2 aliphatic rings. The first-order valence-corrected chi connectivity index (χ1v) is 6.63. The van der Waals surface area contributed by atoms with Gasteiger partial charge >= 0.3 is 0 Å². The van der Waals surface area contributed by atoms with Crippen molar-refractivity contribution in [1.29, 1.82) is 0 Å². The van der Waals surface area contributed by atoms with E-state index in [1.165, 1.54) is 6.08 Å². The van der Waals surface area contributed by atoms with Crippen LogP contribution < -0.4 is 9.47 Å². The third kappa shape index (κ3) is 2.07. The monoisotopic (exact) mass is 259 g/mol. The number of benzene rings is 1. The SMILES string of the molecule is C=CC(=O)N1CCC[C@@H]1c1cccc2c1OCCO2. The van der Waals surface area contributed by atoms with Gasteiger partial charge in [0, 0.05) is 12.1 Å². The summed E-state index contributed by atoms with van der Waals surface area (Å²) in [4.78, 5) is 13.8. The second-order valence-corrected chi connectivity index (χ2v) is 4.77. The molecule has 0 aromatic heterocycles. The lowest BCUT2D eigenvalue weighted by molar-refractivity contribution is -0.126. The summed E-state index contributed by atoms with van der Waals surface area (Å²) in [5.41, 5.74) is 1.05. The average Bonchev–Trinajstić information content (AvgIpc) is 2.95. The van der Waals surface area contributed by atoms with Crippen LogP contribution in [0.4, 0.5) is 0 Å². The normalized spacial score (nSPS) is 21.3. The zero-order valence-corrected chi connectivity index (χ0v) is 10.8. The largest absolute Gasteiger partial charge is 0.486 e. The number of carbonyl (C=O) groups is 1. The number of hydrogen-bond acceptors (Lipinski definition) is 3. The predicted molar refractivity (Wildman–Crippen MR) is 71.3 cm³/mol. The Hall–Kier alpha value is -1.97. The maximum absolute atomic E-state index is 11.9. The first-order chi connectivity index (χ1) is 9.31. The van der Waals surface area contributed by atoms with E-state index in [0.29, 0.717) is 13.2 Å². The standard InChI is InChI=1S/C15H17NO3/c1-2-14(17)16-8-4-6-12(16)11-5-3-7-13-15(11)19-10-9-18-13/h2-3,5,7,12H,1,4,6,8-10H2/t12-/m1/s1. The summed E-state index contributed by atoms with van der Waals surface area (Å²) >= 11 is 0. The Bertz CT molecular complexity index is 512. The Morgan fingerprint density at radius 3 is 3.05 bits per heavy atom. The van der Waals surface area contributed by atoms with E-state index < -0.39 is 0 Å². The highest BCUT2D eigenvalue weighted by molar-refractivity contribution is 5.87. The van der Waals surface area contributed by atoms with Gasteiger partial charge in [0.15, 0.2) is 11.5 Å².